The number of nitrogens with one attached hydrogen (secondary N) is 1. The van der Waals surface area contributed by atoms with Crippen LogP contribution in [-0.2, 0) is 4.74 Å². The molecule has 0 bridgehead atoms. The van der Waals surface area contributed by atoms with Gasteiger partial charge in [-0.3, -0.25) is 14.3 Å². The maximum atomic E-state index is 13.6. The van der Waals surface area contributed by atoms with Crippen LogP contribution in [0.25, 0.3) is 11.2 Å². The highest BCUT2D eigenvalue weighted by atomic mass is 19.3. The average Bonchev–Trinajstić information content (AvgIpc) is 2.89. The molecule has 0 aliphatic carbocycles. The van der Waals surface area contributed by atoms with Crippen molar-refractivity contribution in [2.45, 2.75) is 24.7 Å². The summed E-state index contributed by atoms with van der Waals surface area (Å²) in [5, 5.41) is 8.90. The van der Waals surface area contributed by atoms with Gasteiger partial charge >= 0.3 is 0 Å². The van der Waals surface area contributed by atoms with Crippen molar-refractivity contribution in [3.63, 3.8) is 0 Å². The lowest BCUT2D eigenvalue weighted by molar-refractivity contribution is -0.101. The normalized spacial score (nSPS) is 25.4. The smallest absolute Gasteiger partial charge is 0.280 e. The largest absolute Gasteiger partial charge is 0.393 e. The molecule has 0 amide bonds. The minimum atomic E-state index is -3.16. The second-order valence-electron chi connectivity index (χ2n) is 4.50. The highest BCUT2D eigenvalue weighted by molar-refractivity contribution is 5.70. The molecule has 3 heterocycles. The van der Waals surface area contributed by atoms with Crippen molar-refractivity contribution in [1.29, 1.82) is 0 Å². The molecule has 20 heavy (non-hydrogen) atoms. The van der Waals surface area contributed by atoms with Gasteiger partial charge in [0.1, 0.15) is 12.3 Å². The zero-order valence-electron chi connectivity index (χ0n) is 10.1. The molecule has 4 N–H and O–H groups in total. The summed E-state index contributed by atoms with van der Waals surface area (Å²) in [6, 6.07) is 0. The number of ether oxygens (including phenoxy) is 1. The van der Waals surface area contributed by atoms with Crippen LogP contribution in [-0.4, -0.2) is 43.3 Å². The number of nitrogens with two attached hydrogens (primary N) is 1. The van der Waals surface area contributed by atoms with E-state index in [0.717, 1.165) is 0 Å². The molecule has 3 rings (SSSR count). The maximum Gasteiger partial charge on any atom is 0.280 e. The van der Waals surface area contributed by atoms with Crippen LogP contribution in [0.5, 0.6) is 0 Å². The molecule has 2 aromatic heterocycles. The summed E-state index contributed by atoms with van der Waals surface area (Å²) in [4.78, 5) is 21.5. The first-order chi connectivity index (χ1) is 9.42. The fraction of sp³-hybridized carbons (Fsp3) is 0.500. The van der Waals surface area contributed by atoms with Gasteiger partial charge in [0.2, 0.25) is 5.95 Å². The number of alkyl halides is 2. The van der Waals surface area contributed by atoms with Gasteiger partial charge in [0, 0.05) is 0 Å². The Morgan fingerprint density at radius 2 is 2.40 bits per heavy atom. The van der Waals surface area contributed by atoms with Crippen LogP contribution in [0.3, 0.4) is 0 Å². The van der Waals surface area contributed by atoms with Crippen molar-refractivity contribution in [2.75, 3.05) is 12.3 Å². The number of nitrogens with zero attached hydrogens (tertiary/aromatic N) is 3. The van der Waals surface area contributed by atoms with Gasteiger partial charge in [0.05, 0.1) is 19.4 Å². The lowest BCUT2D eigenvalue weighted by atomic mass is 10.2. The Morgan fingerprint density at radius 1 is 1.65 bits per heavy atom. The molecule has 1 fully saturated rings. The van der Waals surface area contributed by atoms with Gasteiger partial charge in [-0.2, -0.15) is 4.98 Å². The van der Waals surface area contributed by atoms with E-state index in [9.17, 15) is 13.6 Å². The average molecular weight is 287 g/mol. The van der Waals surface area contributed by atoms with Gasteiger partial charge in [-0.05, 0) is 0 Å². The third-order valence-corrected chi connectivity index (χ3v) is 3.17. The number of aromatic nitrogens is 4. The van der Waals surface area contributed by atoms with E-state index in [4.69, 9.17) is 15.6 Å². The molecule has 0 aromatic carbocycles. The van der Waals surface area contributed by atoms with Gasteiger partial charge in [-0.1, -0.05) is 0 Å². The molecule has 8 nitrogen and oxygen atoms in total. The van der Waals surface area contributed by atoms with Gasteiger partial charge in [0.25, 0.3) is 11.5 Å². The van der Waals surface area contributed by atoms with Crippen LogP contribution in [0.15, 0.2) is 11.1 Å². The lowest BCUT2D eigenvalue weighted by Crippen LogP contribution is -2.31. The zero-order valence-corrected chi connectivity index (χ0v) is 10.1. The molecule has 2 atom stereocenters. The van der Waals surface area contributed by atoms with Crippen molar-refractivity contribution in [1.82, 2.24) is 19.5 Å². The maximum absolute atomic E-state index is 13.6. The van der Waals surface area contributed by atoms with Crippen LogP contribution in [0.2, 0.25) is 0 Å². The Morgan fingerprint density at radius 3 is 3.05 bits per heavy atom. The van der Waals surface area contributed by atoms with Crippen molar-refractivity contribution < 1.29 is 18.6 Å². The Kier molecular flexibility index (Phi) is 2.73. The van der Waals surface area contributed by atoms with E-state index in [0.29, 0.717) is 0 Å². The lowest BCUT2D eigenvalue weighted by Gasteiger charge is -2.14. The second kappa shape index (κ2) is 4.21. The van der Waals surface area contributed by atoms with Crippen molar-refractivity contribution in [2.24, 2.45) is 0 Å². The van der Waals surface area contributed by atoms with Crippen LogP contribution >= 0.6 is 0 Å². The van der Waals surface area contributed by atoms with E-state index in [1.165, 1.54) is 10.9 Å². The van der Waals surface area contributed by atoms with E-state index in [1.807, 2.05) is 0 Å². The number of anilines is 1. The standard InChI is InChI=1S/C10H11F2N5O3/c11-10(12)1-5(20-4(10)2-18)17-3-14-6-7(17)15-9(13)16-8(6)19/h3-5,18H,1-2H2,(H3,13,15,16,19)/t4-,5+/m0/s1. The van der Waals surface area contributed by atoms with Crippen LogP contribution in [0.1, 0.15) is 12.6 Å². The molecule has 1 aliphatic heterocycles. The Hall–Kier alpha value is -2.07. The van der Waals surface area contributed by atoms with E-state index in [1.54, 1.807) is 0 Å². The molecule has 2 aromatic rings. The van der Waals surface area contributed by atoms with E-state index >= 15 is 0 Å². The molecule has 1 saturated heterocycles. The summed E-state index contributed by atoms with van der Waals surface area (Å²) >= 11 is 0. The predicted molar refractivity (Wildman–Crippen MR) is 63.1 cm³/mol. The summed E-state index contributed by atoms with van der Waals surface area (Å²) in [7, 11) is 0. The summed E-state index contributed by atoms with van der Waals surface area (Å²) in [5.41, 5.74) is 4.91. The van der Waals surface area contributed by atoms with E-state index in [2.05, 4.69) is 15.0 Å². The minimum absolute atomic E-state index is 0.0152. The summed E-state index contributed by atoms with van der Waals surface area (Å²) in [6.45, 7) is -0.799. The molecule has 10 heteroatoms. The molecule has 1 aliphatic rings. The number of rotatable bonds is 2. The summed E-state index contributed by atoms with van der Waals surface area (Å²) < 4.78 is 33.5. The van der Waals surface area contributed by atoms with Crippen molar-refractivity contribution in [3.05, 3.63) is 16.7 Å². The van der Waals surface area contributed by atoms with E-state index < -0.39 is 36.8 Å². The van der Waals surface area contributed by atoms with Gasteiger partial charge in [-0.25, -0.2) is 13.8 Å². The monoisotopic (exact) mass is 287 g/mol. The summed E-state index contributed by atoms with van der Waals surface area (Å²) in [6.07, 6.45) is -2.12. The van der Waals surface area contributed by atoms with E-state index in [-0.39, 0.29) is 17.1 Å². The number of nitrogen functional groups attached to an aromatic ring is 1. The number of aliphatic hydroxyl groups excluding tert-OH is 1. The number of H-pyrrole nitrogens is 1. The first kappa shape index (κ1) is 12.9. The first-order valence-corrected chi connectivity index (χ1v) is 5.79. The molecule has 0 saturated carbocycles. The highest BCUT2D eigenvalue weighted by Crippen LogP contribution is 2.41. The number of aliphatic hydroxyl groups is 1. The number of fused-ring (bicyclic) bond motifs is 1. The van der Waals surface area contributed by atoms with Gasteiger partial charge in [0.15, 0.2) is 11.2 Å². The van der Waals surface area contributed by atoms with Gasteiger partial charge in [-0.15, -0.1) is 0 Å². The molecule has 0 unspecified atom stereocenters. The number of hydrogen-bond acceptors (Lipinski definition) is 6. The Bertz CT molecular complexity index is 712. The van der Waals surface area contributed by atoms with Crippen LogP contribution in [0.4, 0.5) is 14.7 Å². The predicted octanol–water partition coefficient (Wildman–Crippen LogP) is -0.383. The zero-order chi connectivity index (χ0) is 14.5. The van der Waals surface area contributed by atoms with Crippen molar-refractivity contribution in [3.8, 4) is 0 Å². The Labute approximate surface area is 110 Å². The molecular formula is C10H11F2N5O3. The third kappa shape index (κ3) is 1.84. The summed E-state index contributed by atoms with van der Waals surface area (Å²) in [5.74, 6) is -3.31. The second-order valence-corrected chi connectivity index (χ2v) is 4.50. The fourth-order valence-corrected chi connectivity index (χ4v) is 2.20. The molecule has 108 valence electrons. The topological polar surface area (TPSA) is 119 Å². The van der Waals surface area contributed by atoms with Crippen molar-refractivity contribution >= 4 is 17.1 Å². The quantitative estimate of drug-likeness (QED) is 0.692. The fourth-order valence-electron chi connectivity index (χ4n) is 2.20. The number of hydrogen-bond donors (Lipinski definition) is 3. The number of aromatic amines is 1. The Balaban J connectivity index is 2.06. The van der Waals surface area contributed by atoms with Crippen LogP contribution < -0.4 is 11.3 Å². The highest BCUT2D eigenvalue weighted by Gasteiger charge is 2.50. The number of imidazole rings is 1. The molecule has 0 radical (unpaired) electrons. The first-order valence-electron chi connectivity index (χ1n) is 5.79. The SMILES string of the molecule is Nc1nc2c(ncn2[C@H]2CC(F)(F)[C@H](CO)O2)c(=O)[nH]1. The minimum Gasteiger partial charge on any atom is -0.393 e. The molecular weight excluding hydrogens is 276 g/mol. The number of halogens is 2. The van der Waals surface area contributed by atoms with Gasteiger partial charge < -0.3 is 15.6 Å². The molecule has 0 spiro atoms. The third-order valence-electron chi connectivity index (χ3n) is 3.17. The van der Waals surface area contributed by atoms with Crippen LogP contribution in [0, 0.1) is 0 Å².